The first-order valence-corrected chi connectivity index (χ1v) is 16.3. The quantitative estimate of drug-likeness (QED) is 0.209. The predicted molar refractivity (Wildman–Crippen MR) is 159 cm³/mol. The molecule has 1 N–H and O–H groups in total. The van der Waals surface area contributed by atoms with Gasteiger partial charge in [0.25, 0.3) is 0 Å². The molecule has 0 aromatic carbocycles. The molecule has 0 amide bonds. The number of hydrogen-bond donors (Lipinski definition) is 1. The van der Waals surface area contributed by atoms with Gasteiger partial charge in [0.1, 0.15) is 12.2 Å². The second kappa shape index (κ2) is 10.3. The number of ether oxygens (including phenoxy) is 3. The molecule has 0 heterocycles. The van der Waals surface area contributed by atoms with E-state index in [0.29, 0.717) is 23.8 Å². The number of aliphatic hydroxyl groups is 1. The number of esters is 3. The van der Waals surface area contributed by atoms with Gasteiger partial charge >= 0.3 is 17.9 Å². The largest absolute Gasteiger partial charge is 0.466 e. The number of aliphatic hydroxyl groups excluding tert-OH is 1. The van der Waals surface area contributed by atoms with E-state index in [9.17, 15) is 19.5 Å². The summed E-state index contributed by atoms with van der Waals surface area (Å²) in [6.45, 7) is 16.4. The lowest BCUT2D eigenvalue weighted by atomic mass is 9.40. The number of methoxy groups -OCH3 is 1. The zero-order valence-corrected chi connectivity index (χ0v) is 27.4. The van der Waals surface area contributed by atoms with Gasteiger partial charge in [-0.2, -0.15) is 0 Å². The Balaban J connectivity index is 1.47. The maximum absolute atomic E-state index is 12.5. The molecule has 0 aromatic rings. The Morgan fingerprint density at radius 1 is 0.952 bits per heavy atom. The van der Waals surface area contributed by atoms with E-state index in [-0.39, 0.29) is 69.0 Å². The van der Waals surface area contributed by atoms with Crippen molar-refractivity contribution < 1.29 is 33.7 Å². The molecule has 2 spiro atoms. The molecular weight excluding hydrogens is 532 g/mol. The highest BCUT2D eigenvalue weighted by Gasteiger charge is 2.86. The first-order valence-electron chi connectivity index (χ1n) is 16.3. The lowest BCUT2D eigenvalue weighted by molar-refractivity contribution is -0.225. The third-order valence-corrected chi connectivity index (χ3v) is 14.0. The number of fused-ring (bicyclic) bond motifs is 2. The summed E-state index contributed by atoms with van der Waals surface area (Å²) in [6.07, 6.45) is 9.37. The van der Waals surface area contributed by atoms with Gasteiger partial charge in [0.15, 0.2) is 0 Å². The van der Waals surface area contributed by atoms with E-state index in [1.165, 1.54) is 21.0 Å². The normalized spacial score (nSPS) is 45.8. The molecule has 42 heavy (non-hydrogen) atoms. The molecule has 7 heteroatoms. The Bertz CT molecular complexity index is 1160. The maximum Gasteiger partial charge on any atom is 0.333 e. The Kier molecular flexibility index (Phi) is 7.76. The molecule has 0 radical (unpaired) electrons. The first-order chi connectivity index (χ1) is 19.5. The predicted octanol–water partition coefficient (Wildman–Crippen LogP) is 6.41. The molecule has 11 atom stereocenters. The molecule has 0 bridgehead atoms. The van der Waals surface area contributed by atoms with Crippen LogP contribution in [-0.2, 0) is 28.6 Å². The minimum absolute atomic E-state index is 0.0422. The minimum Gasteiger partial charge on any atom is -0.466 e. The van der Waals surface area contributed by atoms with Gasteiger partial charge in [-0.1, -0.05) is 40.7 Å². The summed E-state index contributed by atoms with van der Waals surface area (Å²) < 4.78 is 17.0. The number of carbonyl (C=O) groups excluding carboxylic acids is 3. The first kappa shape index (κ1) is 31.5. The van der Waals surface area contributed by atoms with Crippen LogP contribution in [0.3, 0.4) is 0 Å². The highest BCUT2D eigenvalue weighted by Crippen LogP contribution is 2.89. The maximum atomic E-state index is 12.5. The van der Waals surface area contributed by atoms with Gasteiger partial charge in [-0.05, 0) is 99.2 Å². The van der Waals surface area contributed by atoms with E-state index >= 15 is 0 Å². The summed E-state index contributed by atoms with van der Waals surface area (Å²) in [5.41, 5.74) is -0.107. The van der Waals surface area contributed by atoms with Gasteiger partial charge in [-0.3, -0.25) is 9.59 Å². The summed E-state index contributed by atoms with van der Waals surface area (Å²) in [4.78, 5) is 36.4. The molecule has 236 valence electrons. The second-order valence-corrected chi connectivity index (χ2v) is 15.8. The highest BCUT2D eigenvalue weighted by atomic mass is 16.5. The second-order valence-electron chi connectivity index (χ2n) is 15.8. The SMILES string of the molecule is COC(=O)/C(C)=C/CC[C@@H](C)[C@H]1C[C@H](OC(C)=O)[C@@]2(C)[C@H]3CC[C@@H]4C(C)(C)[C@@H](OC(C)=O)CC[C@@]45C[C@@]35[C@H](O)C[C@]12C. The lowest BCUT2D eigenvalue weighted by Gasteiger charge is -2.65. The third kappa shape index (κ3) is 4.18. The summed E-state index contributed by atoms with van der Waals surface area (Å²) >= 11 is 0. The van der Waals surface area contributed by atoms with Crippen LogP contribution in [0.2, 0.25) is 0 Å². The fraction of sp³-hybridized carbons (Fsp3) is 0.857. The monoisotopic (exact) mass is 586 g/mol. The smallest absolute Gasteiger partial charge is 0.333 e. The van der Waals surface area contributed by atoms with E-state index < -0.39 is 6.10 Å². The zero-order valence-electron chi connectivity index (χ0n) is 27.4. The Labute approximate surface area is 252 Å². The summed E-state index contributed by atoms with van der Waals surface area (Å²) in [5.74, 6) is 0.535. The molecule has 5 aliphatic carbocycles. The average Bonchev–Trinajstić information content (AvgIpc) is 3.54. The van der Waals surface area contributed by atoms with E-state index in [2.05, 4.69) is 34.6 Å². The highest BCUT2D eigenvalue weighted by molar-refractivity contribution is 5.87. The fourth-order valence-corrected chi connectivity index (χ4v) is 12.1. The Morgan fingerprint density at radius 2 is 1.57 bits per heavy atom. The third-order valence-electron chi connectivity index (χ3n) is 14.0. The van der Waals surface area contributed by atoms with Crippen molar-refractivity contribution >= 4 is 17.9 Å². The van der Waals surface area contributed by atoms with E-state index in [1.54, 1.807) is 6.92 Å². The van der Waals surface area contributed by atoms with Crippen LogP contribution < -0.4 is 0 Å². The Hall–Kier alpha value is -1.89. The minimum atomic E-state index is -0.406. The molecule has 0 aromatic heterocycles. The van der Waals surface area contributed by atoms with Crippen molar-refractivity contribution in [2.24, 2.45) is 50.7 Å². The summed E-state index contributed by atoms with van der Waals surface area (Å²) in [7, 11) is 1.41. The lowest BCUT2D eigenvalue weighted by Crippen LogP contribution is -2.64. The van der Waals surface area contributed by atoms with Gasteiger partial charge < -0.3 is 19.3 Å². The van der Waals surface area contributed by atoms with E-state index in [4.69, 9.17) is 14.2 Å². The molecule has 5 saturated carbocycles. The number of hydrogen-bond acceptors (Lipinski definition) is 7. The number of rotatable bonds is 7. The molecule has 0 aliphatic heterocycles. The van der Waals surface area contributed by atoms with Crippen molar-refractivity contribution in [1.82, 2.24) is 0 Å². The molecule has 5 rings (SSSR count). The molecule has 5 fully saturated rings. The van der Waals surface area contributed by atoms with Gasteiger partial charge in [0, 0.05) is 35.7 Å². The topological polar surface area (TPSA) is 99.1 Å². The molecule has 7 nitrogen and oxygen atoms in total. The molecule has 0 saturated heterocycles. The zero-order chi connectivity index (χ0) is 31.0. The van der Waals surface area contributed by atoms with Crippen LogP contribution in [0.15, 0.2) is 11.6 Å². The van der Waals surface area contributed by atoms with E-state index in [0.717, 1.165) is 51.4 Å². The standard InChI is InChI=1S/C35H54O7/c1-20(11-10-12-21(2)30(39)40-9)24-17-29(42-23(4)37)33(8)26-14-13-25-31(5,6)28(41-22(3)36)15-16-34(25)19-35(26,34)27(38)18-32(24,33)7/h12,20,24-29,38H,10-11,13-19H2,1-9H3/b21-12+/t20-,24-,25-,26-,27-,28+,29+,32-,33-,34-,35+/m1/s1. The number of carbonyl (C=O) groups is 3. The van der Waals surface area contributed by atoms with Crippen LogP contribution in [0, 0.1) is 50.7 Å². The Morgan fingerprint density at radius 3 is 2.19 bits per heavy atom. The van der Waals surface area contributed by atoms with Crippen molar-refractivity contribution in [3.05, 3.63) is 11.6 Å². The van der Waals surface area contributed by atoms with Crippen LogP contribution in [0.25, 0.3) is 0 Å². The van der Waals surface area contributed by atoms with Gasteiger partial charge in [0.2, 0.25) is 0 Å². The van der Waals surface area contributed by atoms with Gasteiger partial charge in [-0.25, -0.2) is 4.79 Å². The van der Waals surface area contributed by atoms with Crippen LogP contribution in [-0.4, -0.2) is 48.4 Å². The van der Waals surface area contributed by atoms with Crippen molar-refractivity contribution in [2.45, 2.75) is 131 Å². The van der Waals surface area contributed by atoms with Gasteiger partial charge in [-0.15, -0.1) is 0 Å². The van der Waals surface area contributed by atoms with Crippen molar-refractivity contribution in [2.75, 3.05) is 7.11 Å². The van der Waals surface area contributed by atoms with Crippen LogP contribution >= 0.6 is 0 Å². The molecule has 0 unspecified atom stereocenters. The van der Waals surface area contributed by atoms with E-state index in [1.807, 2.05) is 6.08 Å². The average molecular weight is 587 g/mol. The van der Waals surface area contributed by atoms with Crippen molar-refractivity contribution in [3.63, 3.8) is 0 Å². The van der Waals surface area contributed by atoms with Gasteiger partial charge in [0.05, 0.1) is 13.2 Å². The van der Waals surface area contributed by atoms with Crippen LogP contribution in [0.4, 0.5) is 0 Å². The molecular formula is C35H54O7. The molecule has 5 aliphatic rings. The van der Waals surface area contributed by atoms with Crippen LogP contribution in [0.1, 0.15) is 113 Å². The fourth-order valence-electron chi connectivity index (χ4n) is 12.1. The summed E-state index contributed by atoms with van der Waals surface area (Å²) in [6, 6.07) is 0. The summed E-state index contributed by atoms with van der Waals surface area (Å²) in [5, 5.41) is 12.3. The van der Waals surface area contributed by atoms with Crippen LogP contribution in [0.5, 0.6) is 0 Å². The van der Waals surface area contributed by atoms with Crippen molar-refractivity contribution in [1.29, 1.82) is 0 Å². The number of allylic oxidation sites excluding steroid dienone is 1. The van der Waals surface area contributed by atoms with Crippen molar-refractivity contribution in [3.8, 4) is 0 Å².